The number of methoxy groups -OCH3 is 1. The summed E-state index contributed by atoms with van der Waals surface area (Å²) in [6.07, 6.45) is 7.71. The Labute approximate surface area is 161 Å². The van der Waals surface area contributed by atoms with Crippen LogP contribution in [0.3, 0.4) is 0 Å². The molecule has 1 N–H and O–H groups in total. The van der Waals surface area contributed by atoms with Crippen molar-refractivity contribution < 1.29 is 9.47 Å². The van der Waals surface area contributed by atoms with Crippen LogP contribution in [0.25, 0.3) is 0 Å². The molecule has 1 aromatic carbocycles. The molecule has 4 rings (SSSR count). The maximum absolute atomic E-state index is 5.92. The zero-order chi connectivity index (χ0) is 18.5. The van der Waals surface area contributed by atoms with E-state index in [-0.39, 0.29) is 0 Å². The molecule has 27 heavy (non-hydrogen) atoms. The van der Waals surface area contributed by atoms with Crippen LogP contribution in [0, 0.1) is 5.92 Å². The van der Waals surface area contributed by atoms with Gasteiger partial charge < -0.3 is 19.7 Å². The van der Waals surface area contributed by atoms with Gasteiger partial charge in [-0.2, -0.15) is 0 Å². The summed E-state index contributed by atoms with van der Waals surface area (Å²) >= 11 is 0. The fourth-order valence-corrected chi connectivity index (χ4v) is 3.80. The molecule has 2 aromatic rings. The Kier molecular flexibility index (Phi) is 5.90. The van der Waals surface area contributed by atoms with Gasteiger partial charge in [-0.1, -0.05) is 6.07 Å². The highest BCUT2D eigenvalue weighted by molar-refractivity contribution is 5.43. The normalized spacial score (nSPS) is 20.0. The number of aromatic nitrogens is 1. The summed E-state index contributed by atoms with van der Waals surface area (Å²) < 4.78 is 11.4. The second-order valence-electron chi connectivity index (χ2n) is 7.64. The predicted octanol–water partition coefficient (Wildman–Crippen LogP) is 3.24. The lowest BCUT2D eigenvalue weighted by Gasteiger charge is -2.16. The van der Waals surface area contributed by atoms with Crippen LogP contribution in [0.15, 0.2) is 42.7 Å². The topological polar surface area (TPSA) is 46.6 Å². The fraction of sp³-hybridized carbons (Fsp3) is 0.500. The zero-order valence-electron chi connectivity index (χ0n) is 16.1. The smallest absolute Gasteiger partial charge is 0.161 e. The number of nitrogens with one attached hydrogen (secondary N) is 1. The monoisotopic (exact) mass is 367 g/mol. The molecule has 2 heterocycles. The van der Waals surface area contributed by atoms with Gasteiger partial charge in [-0.05, 0) is 73.7 Å². The van der Waals surface area contributed by atoms with Crippen LogP contribution in [-0.2, 0) is 13.2 Å². The summed E-state index contributed by atoms with van der Waals surface area (Å²) in [5.74, 6) is 2.34. The number of ether oxygens (including phenoxy) is 2. The van der Waals surface area contributed by atoms with E-state index in [1.165, 1.54) is 37.9 Å². The molecule has 5 heteroatoms. The fourth-order valence-electron chi connectivity index (χ4n) is 3.80. The molecule has 2 aliphatic rings. The Balaban J connectivity index is 1.26. The molecule has 0 bridgehead atoms. The molecular weight excluding hydrogens is 338 g/mol. The van der Waals surface area contributed by atoms with Crippen molar-refractivity contribution >= 4 is 0 Å². The number of hydrogen-bond acceptors (Lipinski definition) is 5. The predicted molar refractivity (Wildman–Crippen MR) is 106 cm³/mol. The molecule has 0 radical (unpaired) electrons. The maximum atomic E-state index is 5.92. The number of benzene rings is 1. The molecule has 0 amide bonds. The number of rotatable bonds is 9. The van der Waals surface area contributed by atoms with E-state index < -0.39 is 0 Å². The van der Waals surface area contributed by atoms with Gasteiger partial charge in [0, 0.05) is 31.5 Å². The van der Waals surface area contributed by atoms with E-state index in [4.69, 9.17) is 9.47 Å². The molecule has 2 fully saturated rings. The Morgan fingerprint density at radius 3 is 2.70 bits per heavy atom. The highest BCUT2D eigenvalue weighted by Crippen LogP contribution is 2.32. The third-order valence-corrected chi connectivity index (χ3v) is 5.51. The second kappa shape index (κ2) is 8.72. The summed E-state index contributed by atoms with van der Waals surface area (Å²) in [5, 5.41) is 3.62. The van der Waals surface area contributed by atoms with Gasteiger partial charge in [0.1, 0.15) is 6.61 Å². The van der Waals surface area contributed by atoms with Crippen LogP contribution >= 0.6 is 0 Å². The molecule has 1 saturated heterocycles. The summed E-state index contributed by atoms with van der Waals surface area (Å²) in [6, 6.07) is 11.0. The SMILES string of the molecule is COc1cc(CNCC2CCN(C3CC3)C2)ccc1OCc1ccncc1. The minimum absolute atomic E-state index is 0.510. The highest BCUT2D eigenvalue weighted by atomic mass is 16.5. The van der Waals surface area contributed by atoms with Gasteiger partial charge >= 0.3 is 0 Å². The van der Waals surface area contributed by atoms with Crippen LogP contribution in [0.1, 0.15) is 30.4 Å². The van der Waals surface area contributed by atoms with Gasteiger partial charge in [0.15, 0.2) is 11.5 Å². The Bertz CT molecular complexity index is 734. The first-order chi connectivity index (χ1) is 13.3. The number of hydrogen-bond donors (Lipinski definition) is 1. The Morgan fingerprint density at radius 2 is 1.93 bits per heavy atom. The summed E-state index contributed by atoms with van der Waals surface area (Å²) in [6.45, 7) is 5.01. The van der Waals surface area contributed by atoms with E-state index >= 15 is 0 Å². The molecule has 1 aliphatic heterocycles. The lowest BCUT2D eigenvalue weighted by atomic mass is 10.1. The Morgan fingerprint density at radius 1 is 1.07 bits per heavy atom. The van der Waals surface area contributed by atoms with E-state index in [1.807, 2.05) is 18.2 Å². The van der Waals surface area contributed by atoms with E-state index in [0.717, 1.165) is 42.1 Å². The summed E-state index contributed by atoms with van der Waals surface area (Å²) in [5.41, 5.74) is 2.31. The molecule has 1 atom stereocenters. The molecule has 1 unspecified atom stereocenters. The van der Waals surface area contributed by atoms with Crippen molar-refractivity contribution in [2.45, 2.75) is 38.5 Å². The maximum Gasteiger partial charge on any atom is 0.161 e. The number of nitrogens with zero attached hydrogens (tertiary/aromatic N) is 2. The van der Waals surface area contributed by atoms with Crippen LogP contribution < -0.4 is 14.8 Å². The van der Waals surface area contributed by atoms with E-state index in [1.54, 1.807) is 19.5 Å². The molecule has 1 saturated carbocycles. The van der Waals surface area contributed by atoms with Gasteiger partial charge in [-0.15, -0.1) is 0 Å². The van der Waals surface area contributed by atoms with Crippen LogP contribution in [-0.4, -0.2) is 42.7 Å². The molecular formula is C22H29N3O2. The Hall–Kier alpha value is -2.11. The third kappa shape index (κ3) is 4.99. The number of pyridine rings is 1. The van der Waals surface area contributed by atoms with Gasteiger partial charge in [0.25, 0.3) is 0 Å². The molecule has 1 aromatic heterocycles. The largest absolute Gasteiger partial charge is 0.493 e. The van der Waals surface area contributed by atoms with E-state index in [9.17, 15) is 0 Å². The first-order valence-electron chi connectivity index (χ1n) is 9.95. The molecule has 144 valence electrons. The zero-order valence-corrected chi connectivity index (χ0v) is 16.1. The standard InChI is InChI=1S/C22H29N3O2/c1-26-22-12-18(2-5-21(22)27-16-17-6-9-23-10-7-17)13-24-14-19-8-11-25(15-19)20-3-4-20/h2,5-7,9-10,12,19-20,24H,3-4,8,11,13-16H2,1H3. The third-order valence-electron chi connectivity index (χ3n) is 5.51. The van der Waals surface area contributed by atoms with Crippen molar-refractivity contribution in [1.29, 1.82) is 0 Å². The van der Waals surface area contributed by atoms with Gasteiger partial charge in [0.05, 0.1) is 7.11 Å². The van der Waals surface area contributed by atoms with Crippen LogP contribution in [0.2, 0.25) is 0 Å². The van der Waals surface area contributed by atoms with Crippen molar-refractivity contribution in [3.05, 3.63) is 53.9 Å². The van der Waals surface area contributed by atoms with Crippen molar-refractivity contribution in [3.63, 3.8) is 0 Å². The van der Waals surface area contributed by atoms with Gasteiger partial charge in [-0.3, -0.25) is 4.98 Å². The van der Waals surface area contributed by atoms with Crippen molar-refractivity contribution in [2.75, 3.05) is 26.7 Å². The van der Waals surface area contributed by atoms with Crippen LogP contribution in [0.4, 0.5) is 0 Å². The minimum Gasteiger partial charge on any atom is -0.493 e. The van der Waals surface area contributed by atoms with Crippen molar-refractivity contribution in [2.24, 2.45) is 5.92 Å². The van der Waals surface area contributed by atoms with Crippen molar-refractivity contribution in [3.8, 4) is 11.5 Å². The quantitative estimate of drug-likeness (QED) is 0.737. The molecule has 0 spiro atoms. The van der Waals surface area contributed by atoms with E-state index in [0.29, 0.717) is 6.61 Å². The lowest BCUT2D eigenvalue weighted by molar-refractivity contribution is 0.284. The average Bonchev–Trinajstić information content (AvgIpc) is 3.46. The van der Waals surface area contributed by atoms with Crippen LogP contribution in [0.5, 0.6) is 11.5 Å². The average molecular weight is 367 g/mol. The lowest BCUT2D eigenvalue weighted by Crippen LogP contribution is -2.27. The second-order valence-corrected chi connectivity index (χ2v) is 7.64. The minimum atomic E-state index is 0.510. The van der Waals surface area contributed by atoms with E-state index in [2.05, 4.69) is 27.3 Å². The van der Waals surface area contributed by atoms with Gasteiger partial charge in [-0.25, -0.2) is 0 Å². The summed E-state index contributed by atoms with van der Waals surface area (Å²) in [7, 11) is 1.69. The molecule has 1 aliphatic carbocycles. The first kappa shape index (κ1) is 18.3. The molecule has 5 nitrogen and oxygen atoms in total. The van der Waals surface area contributed by atoms with Crippen molar-refractivity contribution in [1.82, 2.24) is 15.2 Å². The summed E-state index contributed by atoms with van der Waals surface area (Å²) in [4.78, 5) is 6.70. The van der Waals surface area contributed by atoms with Gasteiger partial charge in [0.2, 0.25) is 0 Å². The number of likely N-dealkylation sites (tertiary alicyclic amines) is 1. The first-order valence-corrected chi connectivity index (χ1v) is 9.95. The highest BCUT2D eigenvalue weighted by Gasteiger charge is 2.33.